The van der Waals surface area contributed by atoms with Gasteiger partial charge >= 0.3 is 17.9 Å². The number of phenolic OH excluding ortho intramolecular Hbond substituents is 1. The molecule has 0 unspecified atom stereocenters. The van der Waals surface area contributed by atoms with Gasteiger partial charge in [0.1, 0.15) is 11.8 Å². The summed E-state index contributed by atoms with van der Waals surface area (Å²) in [5.41, 5.74) is 5.12. The van der Waals surface area contributed by atoms with E-state index in [1.807, 2.05) is 13.1 Å². The molecule has 2 bridgehead atoms. The third-order valence-electron chi connectivity index (χ3n) is 8.12. The van der Waals surface area contributed by atoms with E-state index in [4.69, 9.17) is 25.1 Å². The van der Waals surface area contributed by atoms with Gasteiger partial charge < -0.3 is 40.2 Å². The summed E-state index contributed by atoms with van der Waals surface area (Å²) in [5.74, 6) is -2.77. The van der Waals surface area contributed by atoms with Crippen LogP contribution in [0.25, 0.3) is 0 Å². The van der Waals surface area contributed by atoms with Gasteiger partial charge in [0.05, 0.1) is 17.4 Å². The van der Waals surface area contributed by atoms with Crippen molar-refractivity contribution in [2.24, 2.45) is 5.73 Å². The van der Waals surface area contributed by atoms with Crippen LogP contribution in [0.2, 0.25) is 0 Å². The molecule has 0 saturated carbocycles. The van der Waals surface area contributed by atoms with E-state index in [0.717, 1.165) is 24.1 Å². The van der Waals surface area contributed by atoms with Crippen LogP contribution in [0.5, 0.6) is 11.5 Å². The maximum atomic E-state index is 12.9. The number of nitrogens with zero attached hydrogens (tertiary/aromatic N) is 1. The molecule has 6 atom stereocenters. The number of aliphatic hydroxyl groups is 1. The highest BCUT2D eigenvalue weighted by atomic mass is 16.6. The largest absolute Gasteiger partial charge is 0.504 e. The smallest absolute Gasteiger partial charge is 0.352 e. The number of carbonyl (C=O) groups is 3. The number of hydrogen-bond acceptors (Lipinski definition) is 10. The molecular weight excluding hydrogens is 472 g/mol. The summed E-state index contributed by atoms with van der Waals surface area (Å²) >= 11 is 0. The second-order valence-corrected chi connectivity index (χ2v) is 10.2. The molecule has 11 nitrogen and oxygen atoms in total. The number of rotatable bonds is 6. The standard InChI is InChI=1S/C25H30N2O9/c1-12(34-23(32)14(26)11-18(29)30)22(31)35-16-6-8-25(33)17-10-13-4-5-15(28)20-19(13)24(25,21(16)36-20)7-3-9-27(17)2/h4-6,12,14,17,21,28,33H,3,7-11,26H2,1-2H3,(H,29,30)/t12-,14-,17+,21-,24-,25+/m0/s1. The number of ether oxygens (including phenoxy) is 3. The molecule has 5 N–H and O–H groups in total. The Labute approximate surface area is 207 Å². The van der Waals surface area contributed by atoms with Crippen molar-refractivity contribution in [1.82, 2.24) is 4.90 Å². The first kappa shape index (κ1) is 24.5. The molecule has 2 aliphatic heterocycles. The summed E-state index contributed by atoms with van der Waals surface area (Å²) in [5, 5.41) is 31.7. The number of carboxylic acids is 1. The maximum Gasteiger partial charge on any atom is 0.352 e. The van der Waals surface area contributed by atoms with E-state index in [0.29, 0.717) is 18.6 Å². The summed E-state index contributed by atoms with van der Waals surface area (Å²) < 4.78 is 16.9. The van der Waals surface area contributed by atoms with Gasteiger partial charge in [-0.1, -0.05) is 6.07 Å². The highest BCUT2D eigenvalue weighted by Crippen LogP contribution is 2.64. The van der Waals surface area contributed by atoms with E-state index in [-0.39, 0.29) is 24.0 Å². The summed E-state index contributed by atoms with van der Waals surface area (Å²) in [6.45, 7) is 2.08. The zero-order valence-electron chi connectivity index (χ0n) is 20.1. The topological polar surface area (TPSA) is 169 Å². The van der Waals surface area contributed by atoms with Gasteiger partial charge in [-0.2, -0.15) is 0 Å². The van der Waals surface area contributed by atoms with E-state index >= 15 is 0 Å². The average molecular weight is 503 g/mol. The third kappa shape index (κ3) is 3.40. The van der Waals surface area contributed by atoms with Crippen molar-refractivity contribution in [2.75, 3.05) is 13.6 Å². The number of benzene rings is 1. The summed E-state index contributed by atoms with van der Waals surface area (Å²) in [6, 6.07) is 1.82. The van der Waals surface area contributed by atoms with Crippen molar-refractivity contribution in [2.45, 2.75) is 74.3 Å². The minimum absolute atomic E-state index is 0.0451. The van der Waals surface area contributed by atoms with Crippen molar-refractivity contribution in [3.05, 3.63) is 35.1 Å². The van der Waals surface area contributed by atoms with Crippen molar-refractivity contribution in [3.8, 4) is 11.5 Å². The molecule has 0 aromatic heterocycles. The fourth-order valence-electron chi connectivity index (χ4n) is 6.47. The van der Waals surface area contributed by atoms with E-state index in [2.05, 4.69) is 4.90 Å². The van der Waals surface area contributed by atoms with Crippen LogP contribution in [0.15, 0.2) is 24.0 Å². The van der Waals surface area contributed by atoms with Crippen LogP contribution in [-0.2, 0) is 35.7 Å². The molecule has 1 fully saturated rings. The molecule has 1 aromatic carbocycles. The Balaban J connectivity index is 1.46. The monoisotopic (exact) mass is 502 g/mol. The Morgan fingerprint density at radius 3 is 2.78 bits per heavy atom. The Bertz CT molecular complexity index is 1170. The lowest BCUT2D eigenvalue weighted by Gasteiger charge is -2.56. The van der Waals surface area contributed by atoms with Gasteiger partial charge in [-0.3, -0.25) is 9.59 Å². The quantitative estimate of drug-likeness (QED) is 0.396. The number of carboxylic acid groups (broad SMARTS) is 1. The van der Waals surface area contributed by atoms with Crippen molar-refractivity contribution in [1.29, 1.82) is 0 Å². The molecule has 2 aliphatic carbocycles. The molecule has 4 aliphatic rings. The van der Waals surface area contributed by atoms with E-state index in [1.165, 1.54) is 6.92 Å². The summed E-state index contributed by atoms with van der Waals surface area (Å²) in [6.07, 6.45) is 0.893. The molecule has 5 rings (SSSR count). The van der Waals surface area contributed by atoms with Crippen LogP contribution in [0.4, 0.5) is 0 Å². The molecule has 0 radical (unpaired) electrons. The maximum absolute atomic E-state index is 12.9. The van der Waals surface area contributed by atoms with Gasteiger partial charge in [-0.15, -0.1) is 0 Å². The molecule has 194 valence electrons. The zero-order valence-corrected chi connectivity index (χ0v) is 20.1. The molecular formula is C25H30N2O9. The third-order valence-corrected chi connectivity index (χ3v) is 8.12. The number of aliphatic carboxylic acids is 1. The second kappa shape index (κ2) is 8.46. The number of nitrogens with two attached hydrogens (primary N) is 1. The number of likely N-dealkylation sites (N-methyl/N-ethyl adjacent to an activating group) is 1. The average Bonchev–Trinajstić information content (AvgIpc) is 3.15. The van der Waals surface area contributed by atoms with Gasteiger partial charge in [0.25, 0.3) is 0 Å². The Kier molecular flexibility index (Phi) is 5.77. The van der Waals surface area contributed by atoms with E-state index in [1.54, 1.807) is 12.1 Å². The van der Waals surface area contributed by atoms with E-state index in [9.17, 15) is 24.6 Å². The highest BCUT2D eigenvalue weighted by Gasteiger charge is 2.71. The lowest BCUT2D eigenvalue weighted by Crippen LogP contribution is -2.69. The summed E-state index contributed by atoms with van der Waals surface area (Å²) in [4.78, 5) is 37.9. The first-order chi connectivity index (χ1) is 17.0. The second-order valence-electron chi connectivity index (χ2n) is 10.2. The highest BCUT2D eigenvalue weighted by molar-refractivity contribution is 5.85. The van der Waals surface area contributed by atoms with Crippen LogP contribution < -0.4 is 10.5 Å². The first-order valence-corrected chi connectivity index (χ1v) is 12.0. The van der Waals surface area contributed by atoms with Crippen LogP contribution in [0.1, 0.15) is 43.7 Å². The zero-order chi connectivity index (χ0) is 26.0. The SMILES string of the molecule is C[C@H](OC(=O)[C@@H](N)CC(=O)O)C(=O)OC1=CC[C@@]2(O)[C@H]3Cc4ccc(O)c5c4[C@@]2(CCCN3C)[C@H]1O5. The molecule has 1 aromatic rings. The van der Waals surface area contributed by atoms with Crippen LogP contribution >= 0.6 is 0 Å². The van der Waals surface area contributed by atoms with Crippen molar-refractivity contribution < 1.29 is 43.9 Å². The Morgan fingerprint density at radius 1 is 1.31 bits per heavy atom. The Hall–Kier alpha value is -3.15. The predicted molar refractivity (Wildman–Crippen MR) is 123 cm³/mol. The Morgan fingerprint density at radius 2 is 2.06 bits per heavy atom. The van der Waals surface area contributed by atoms with Gasteiger partial charge in [-0.25, -0.2) is 4.79 Å². The van der Waals surface area contributed by atoms with Gasteiger partial charge in [0.2, 0.25) is 0 Å². The lowest BCUT2D eigenvalue weighted by molar-refractivity contribution is -0.169. The molecule has 11 heteroatoms. The van der Waals surface area contributed by atoms with Crippen molar-refractivity contribution >= 4 is 17.9 Å². The number of esters is 2. The fraction of sp³-hybridized carbons (Fsp3) is 0.560. The molecule has 0 amide bonds. The molecule has 36 heavy (non-hydrogen) atoms. The van der Waals surface area contributed by atoms with Gasteiger partial charge in [0.15, 0.2) is 23.7 Å². The number of hydrogen-bond donors (Lipinski definition) is 4. The molecule has 2 heterocycles. The molecule has 1 saturated heterocycles. The number of phenols is 1. The lowest BCUT2D eigenvalue weighted by atomic mass is 9.52. The van der Waals surface area contributed by atoms with Crippen LogP contribution in [-0.4, -0.2) is 81.6 Å². The molecule has 1 spiro atoms. The van der Waals surface area contributed by atoms with Crippen LogP contribution in [0, 0.1) is 0 Å². The summed E-state index contributed by atoms with van der Waals surface area (Å²) in [7, 11) is 1.99. The minimum atomic E-state index is -1.42. The fourth-order valence-corrected chi connectivity index (χ4v) is 6.47. The van der Waals surface area contributed by atoms with Gasteiger partial charge in [-0.05, 0) is 57.5 Å². The predicted octanol–water partition coefficient (Wildman–Crippen LogP) is 0.337. The minimum Gasteiger partial charge on any atom is -0.504 e. The first-order valence-electron chi connectivity index (χ1n) is 12.0. The van der Waals surface area contributed by atoms with Gasteiger partial charge in [0, 0.05) is 18.0 Å². The normalized spacial score (nSPS) is 31.7. The van der Waals surface area contributed by atoms with Crippen molar-refractivity contribution in [3.63, 3.8) is 0 Å². The number of aromatic hydroxyl groups is 1. The number of carbonyl (C=O) groups excluding carboxylic acids is 2. The van der Waals surface area contributed by atoms with E-state index < -0.39 is 53.6 Å². The number of likely N-dealkylation sites (tertiary alicyclic amines) is 1. The van der Waals surface area contributed by atoms with Crippen LogP contribution in [0.3, 0.4) is 0 Å².